The van der Waals surface area contributed by atoms with Gasteiger partial charge < -0.3 is 14.8 Å². The summed E-state index contributed by atoms with van der Waals surface area (Å²) in [6.07, 6.45) is -0.720. The van der Waals surface area contributed by atoms with Crippen LogP contribution in [0.15, 0.2) is 46.6 Å². The number of fused-ring (bicyclic) bond motifs is 1. The van der Waals surface area contributed by atoms with Gasteiger partial charge in [-0.15, -0.1) is 16.4 Å². The maximum atomic E-state index is 12.3. The number of hydrogen-bond acceptors (Lipinski definition) is 6. The van der Waals surface area contributed by atoms with Crippen LogP contribution in [-0.4, -0.2) is 39.5 Å². The van der Waals surface area contributed by atoms with Crippen molar-refractivity contribution in [1.82, 2.24) is 19.7 Å². The summed E-state index contributed by atoms with van der Waals surface area (Å²) in [7, 11) is 1.68. The van der Waals surface area contributed by atoms with Gasteiger partial charge in [-0.3, -0.25) is 9.36 Å². The summed E-state index contributed by atoms with van der Waals surface area (Å²) < 4.78 is 14.1. The third-order valence-electron chi connectivity index (χ3n) is 4.21. The number of hydrogen-bond donors (Lipinski definition) is 1. The molecule has 3 aromatic rings. The Hall–Kier alpha value is -3.07. The van der Waals surface area contributed by atoms with E-state index < -0.39 is 6.10 Å². The van der Waals surface area contributed by atoms with Crippen molar-refractivity contribution in [2.75, 3.05) is 13.2 Å². The van der Waals surface area contributed by atoms with Crippen LogP contribution >= 0.6 is 11.3 Å². The predicted molar refractivity (Wildman–Crippen MR) is 100 cm³/mol. The van der Waals surface area contributed by atoms with Crippen LogP contribution in [0.5, 0.6) is 11.5 Å². The smallest absolute Gasteiger partial charge is 0.346 e. The Morgan fingerprint density at radius 3 is 2.89 bits per heavy atom. The van der Waals surface area contributed by atoms with Crippen LogP contribution in [0.4, 0.5) is 0 Å². The first kappa shape index (κ1) is 17.3. The second-order valence-electron chi connectivity index (χ2n) is 6.02. The van der Waals surface area contributed by atoms with Crippen LogP contribution in [-0.2, 0) is 18.4 Å². The molecule has 27 heavy (non-hydrogen) atoms. The SMILES string of the molecule is Cn1c(-c2cccs2)nn(CCNC(=O)[C@H]2COc3ccccc3O2)c1=O. The van der Waals surface area contributed by atoms with E-state index in [4.69, 9.17) is 9.47 Å². The number of thiophene rings is 1. The number of amides is 1. The lowest BCUT2D eigenvalue weighted by atomic mass is 10.2. The molecule has 1 aliphatic rings. The van der Waals surface area contributed by atoms with Crippen LogP contribution in [0.25, 0.3) is 10.7 Å². The number of carbonyl (C=O) groups excluding carboxylic acids is 1. The van der Waals surface area contributed by atoms with E-state index in [1.807, 2.05) is 29.6 Å². The first-order chi connectivity index (χ1) is 13.1. The molecular weight excluding hydrogens is 368 g/mol. The fourth-order valence-electron chi connectivity index (χ4n) is 2.80. The third kappa shape index (κ3) is 3.45. The number of nitrogens with one attached hydrogen (secondary N) is 1. The van der Waals surface area contributed by atoms with Crippen molar-refractivity contribution >= 4 is 17.2 Å². The zero-order chi connectivity index (χ0) is 18.8. The van der Waals surface area contributed by atoms with Gasteiger partial charge in [-0.1, -0.05) is 18.2 Å². The second kappa shape index (κ2) is 7.28. The number of nitrogens with zero attached hydrogens (tertiary/aromatic N) is 3. The molecule has 140 valence electrons. The highest BCUT2D eigenvalue weighted by Gasteiger charge is 2.27. The second-order valence-corrected chi connectivity index (χ2v) is 6.97. The number of carbonyl (C=O) groups is 1. The number of aromatic nitrogens is 3. The average molecular weight is 386 g/mol. The molecule has 1 amide bonds. The maximum absolute atomic E-state index is 12.3. The summed E-state index contributed by atoms with van der Waals surface area (Å²) in [6.45, 7) is 0.685. The Morgan fingerprint density at radius 1 is 1.30 bits per heavy atom. The maximum Gasteiger partial charge on any atom is 0.346 e. The highest BCUT2D eigenvalue weighted by molar-refractivity contribution is 7.13. The van der Waals surface area contributed by atoms with Crippen molar-refractivity contribution in [2.24, 2.45) is 7.05 Å². The van der Waals surface area contributed by atoms with Gasteiger partial charge in [0.15, 0.2) is 17.3 Å². The van der Waals surface area contributed by atoms with Gasteiger partial charge >= 0.3 is 5.69 Å². The van der Waals surface area contributed by atoms with Crippen molar-refractivity contribution in [2.45, 2.75) is 12.6 Å². The molecule has 0 spiro atoms. The van der Waals surface area contributed by atoms with Crippen LogP contribution in [0.3, 0.4) is 0 Å². The molecule has 0 saturated heterocycles. The van der Waals surface area contributed by atoms with E-state index in [0.717, 1.165) is 4.88 Å². The molecule has 1 aromatic carbocycles. The quantitative estimate of drug-likeness (QED) is 0.714. The topological polar surface area (TPSA) is 87.4 Å². The van der Waals surface area contributed by atoms with Gasteiger partial charge in [0.05, 0.1) is 11.4 Å². The molecule has 2 aromatic heterocycles. The molecule has 4 rings (SSSR count). The summed E-state index contributed by atoms with van der Waals surface area (Å²) in [5, 5.41) is 9.07. The number of para-hydroxylation sites is 2. The van der Waals surface area contributed by atoms with Crippen LogP contribution in [0.1, 0.15) is 0 Å². The standard InChI is InChI=1S/C18H18N4O4S/c1-21-16(15-7-4-10-27-15)20-22(18(21)24)9-8-19-17(23)14-11-25-12-5-2-3-6-13(12)26-14/h2-7,10,14H,8-9,11H2,1H3,(H,19,23)/t14-/m1/s1. The Labute approximate surface area is 159 Å². The summed E-state index contributed by atoms with van der Waals surface area (Å²) in [5.41, 5.74) is -0.223. The first-order valence-electron chi connectivity index (χ1n) is 8.47. The van der Waals surface area contributed by atoms with Crippen LogP contribution in [0, 0.1) is 0 Å². The van der Waals surface area contributed by atoms with E-state index in [0.29, 0.717) is 17.3 Å². The number of benzene rings is 1. The summed E-state index contributed by atoms with van der Waals surface area (Å²) in [4.78, 5) is 25.5. The molecule has 9 heteroatoms. The predicted octanol–water partition coefficient (Wildman–Crippen LogP) is 1.27. The minimum atomic E-state index is -0.720. The van der Waals surface area contributed by atoms with Crippen molar-refractivity contribution in [3.63, 3.8) is 0 Å². The fraction of sp³-hybridized carbons (Fsp3) is 0.278. The Kier molecular flexibility index (Phi) is 4.68. The Balaban J connectivity index is 1.36. The van der Waals surface area contributed by atoms with E-state index in [1.165, 1.54) is 20.6 Å². The van der Waals surface area contributed by atoms with E-state index in [-0.39, 0.29) is 31.3 Å². The van der Waals surface area contributed by atoms with Gasteiger partial charge in [-0.25, -0.2) is 9.48 Å². The Bertz CT molecular complexity index is 1010. The largest absolute Gasteiger partial charge is 0.485 e. The Morgan fingerprint density at radius 2 is 2.11 bits per heavy atom. The summed E-state index contributed by atoms with van der Waals surface area (Å²) >= 11 is 1.52. The molecule has 8 nitrogen and oxygen atoms in total. The van der Waals surface area contributed by atoms with Crippen LogP contribution in [0.2, 0.25) is 0 Å². The summed E-state index contributed by atoms with van der Waals surface area (Å²) in [6, 6.07) is 11.0. The normalized spacial score (nSPS) is 15.5. The molecule has 1 atom stereocenters. The monoisotopic (exact) mass is 386 g/mol. The molecule has 1 N–H and O–H groups in total. The molecule has 0 unspecified atom stereocenters. The molecular formula is C18H18N4O4S. The van der Waals surface area contributed by atoms with Crippen molar-refractivity contribution in [1.29, 1.82) is 0 Å². The van der Waals surface area contributed by atoms with E-state index in [1.54, 1.807) is 19.2 Å². The lowest BCUT2D eigenvalue weighted by Gasteiger charge is -2.25. The third-order valence-corrected chi connectivity index (χ3v) is 5.07. The van der Waals surface area contributed by atoms with Crippen molar-refractivity contribution in [3.8, 4) is 22.2 Å². The van der Waals surface area contributed by atoms with Gasteiger partial charge in [0.1, 0.15) is 6.61 Å². The van der Waals surface area contributed by atoms with E-state index >= 15 is 0 Å². The molecule has 0 aliphatic carbocycles. The highest BCUT2D eigenvalue weighted by Crippen LogP contribution is 2.30. The molecule has 1 aliphatic heterocycles. The average Bonchev–Trinajstić information content (AvgIpc) is 3.31. The van der Waals surface area contributed by atoms with Crippen molar-refractivity contribution < 1.29 is 14.3 Å². The number of ether oxygens (including phenoxy) is 2. The highest BCUT2D eigenvalue weighted by atomic mass is 32.1. The zero-order valence-electron chi connectivity index (χ0n) is 14.6. The molecule has 0 saturated carbocycles. The summed E-state index contributed by atoms with van der Waals surface area (Å²) in [5.74, 6) is 1.50. The van der Waals surface area contributed by atoms with E-state index in [9.17, 15) is 9.59 Å². The number of rotatable bonds is 5. The van der Waals surface area contributed by atoms with Gasteiger partial charge in [0, 0.05) is 13.6 Å². The zero-order valence-corrected chi connectivity index (χ0v) is 15.4. The van der Waals surface area contributed by atoms with Gasteiger partial charge in [0.2, 0.25) is 6.10 Å². The van der Waals surface area contributed by atoms with Gasteiger partial charge in [0.25, 0.3) is 5.91 Å². The lowest BCUT2D eigenvalue weighted by molar-refractivity contribution is -0.130. The minimum Gasteiger partial charge on any atom is -0.485 e. The minimum absolute atomic E-state index is 0.148. The van der Waals surface area contributed by atoms with Crippen molar-refractivity contribution in [3.05, 3.63) is 52.3 Å². The lowest BCUT2D eigenvalue weighted by Crippen LogP contribution is -2.45. The van der Waals surface area contributed by atoms with Gasteiger partial charge in [-0.05, 0) is 23.6 Å². The first-order valence-corrected chi connectivity index (χ1v) is 9.35. The molecule has 0 radical (unpaired) electrons. The van der Waals surface area contributed by atoms with Crippen LogP contribution < -0.4 is 20.5 Å². The fourth-order valence-corrected chi connectivity index (χ4v) is 3.55. The molecule has 3 heterocycles. The molecule has 0 fully saturated rings. The molecule has 0 bridgehead atoms. The van der Waals surface area contributed by atoms with Gasteiger partial charge in [-0.2, -0.15) is 0 Å². The van der Waals surface area contributed by atoms with E-state index in [2.05, 4.69) is 10.4 Å².